The smallest absolute Gasteiger partial charge is 0.384 e. The van der Waals surface area contributed by atoms with Gasteiger partial charge in [0.15, 0.2) is 5.75 Å². The van der Waals surface area contributed by atoms with Crippen LogP contribution in [0.25, 0.3) is 11.1 Å². The molecule has 0 bridgehead atoms. The van der Waals surface area contributed by atoms with Crippen molar-refractivity contribution in [3.05, 3.63) is 44.7 Å². The Morgan fingerprint density at radius 2 is 1.78 bits per heavy atom. The van der Waals surface area contributed by atoms with Crippen LogP contribution in [0.1, 0.15) is 11.1 Å². The summed E-state index contributed by atoms with van der Waals surface area (Å²) in [5, 5.41) is 17.8. The number of nitriles is 2. The fraction of sp³-hybridized carbons (Fsp3) is 0.0714. The molecule has 0 amide bonds. The Hall–Kier alpha value is -3.22. The average molecular weight is 419 g/mol. The number of aromatic amines is 1. The van der Waals surface area contributed by atoms with Crippen LogP contribution < -0.4 is 15.5 Å². The van der Waals surface area contributed by atoms with E-state index in [1.165, 1.54) is 0 Å². The summed E-state index contributed by atoms with van der Waals surface area (Å²) in [6.45, 7) is 0. The summed E-state index contributed by atoms with van der Waals surface area (Å²) in [5.41, 5.74) is -2.05. The van der Waals surface area contributed by atoms with Gasteiger partial charge < -0.3 is 14.9 Å². The fourth-order valence-electron chi connectivity index (χ4n) is 2.02. The number of anilines is 1. The highest BCUT2D eigenvalue weighted by molar-refractivity contribution is 7.88. The molecule has 0 radical (unpaired) electrons. The Morgan fingerprint density at radius 3 is 2.26 bits per heavy atom. The standard InChI is InChI=1S/C14H6ClF3N4O4S/c15-9-3-6(1-2-10(9)26-27(24,25)14(16,17)18)11-7(4-19)12(21)22-13(23)8(11)5-20/h1-3H,(H3,21,22,23). The van der Waals surface area contributed by atoms with E-state index in [9.17, 15) is 31.6 Å². The number of halogens is 4. The lowest BCUT2D eigenvalue weighted by Crippen LogP contribution is -2.28. The lowest BCUT2D eigenvalue weighted by molar-refractivity contribution is -0.0500. The molecule has 0 aliphatic heterocycles. The Morgan fingerprint density at radius 1 is 1.19 bits per heavy atom. The molecule has 1 aromatic carbocycles. The quantitative estimate of drug-likeness (QED) is 0.573. The zero-order valence-corrected chi connectivity index (χ0v) is 14.3. The molecule has 8 nitrogen and oxygen atoms in total. The molecule has 0 saturated heterocycles. The zero-order valence-electron chi connectivity index (χ0n) is 12.8. The van der Waals surface area contributed by atoms with Crippen molar-refractivity contribution in [2.75, 3.05) is 5.73 Å². The molecule has 1 aromatic heterocycles. The van der Waals surface area contributed by atoms with Gasteiger partial charge in [0, 0.05) is 5.56 Å². The number of pyridine rings is 1. The number of H-pyrrole nitrogens is 1. The number of nitrogens with zero attached hydrogens (tertiary/aromatic N) is 2. The summed E-state index contributed by atoms with van der Waals surface area (Å²) in [6.07, 6.45) is 0. The molecule has 140 valence electrons. The lowest BCUT2D eigenvalue weighted by atomic mass is 9.96. The number of nitrogens with one attached hydrogen (secondary N) is 1. The number of hydrogen-bond acceptors (Lipinski definition) is 7. The normalized spacial score (nSPS) is 11.5. The minimum atomic E-state index is -5.95. The number of aromatic nitrogens is 1. The second kappa shape index (κ2) is 6.83. The van der Waals surface area contributed by atoms with Crippen molar-refractivity contribution in [2.45, 2.75) is 5.51 Å². The van der Waals surface area contributed by atoms with Crippen molar-refractivity contribution in [3.8, 4) is 29.0 Å². The number of rotatable bonds is 3. The van der Waals surface area contributed by atoms with Gasteiger partial charge in [0.05, 0.1) is 5.02 Å². The van der Waals surface area contributed by atoms with Crippen LogP contribution in [0, 0.1) is 22.7 Å². The Kier molecular flexibility index (Phi) is 5.08. The van der Waals surface area contributed by atoms with Crippen LogP contribution in [0.3, 0.4) is 0 Å². The highest BCUT2D eigenvalue weighted by Crippen LogP contribution is 2.36. The van der Waals surface area contributed by atoms with E-state index in [1.54, 1.807) is 12.1 Å². The number of alkyl halides is 3. The molecule has 27 heavy (non-hydrogen) atoms. The van der Waals surface area contributed by atoms with Crippen molar-refractivity contribution < 1.29 is 25.8 Å². The van der Waals surface area contributed by atoms with Gasteiger partial charge in [-0.05, 0) is 17.7 Å². The molecule has 13 heteroatoms. The van der Waals surface area contributed by atoms with E-state index in [0.29, 0.717) is 0 Å². The highest BCUT2D eigenvalue weighted by atomic mass is 35.5. The number of nitrogen functional groups attached to an aromatic ring is 1. The fourth-order valence-corrected chi connectivity index (χ4v) is 2.76. The minimum absolute atomic E-state index is 0.0392. The van der Waals surface area contributed by atoms with E-state index < -0.39 is 37.5 Å². The molecule has 2 aromatic rings. The topological polar surface area (TPSA) is 150 Å². The number of hydrogen-bond donors (Lipinski definition) is 2. The molecular weight excluding hydrogens is 413 g/mol. The zero-order chi connectivity index (χ0) is 20.6. The summed E-state index contributed by atoms with van der Waals surface area (Å²) < 4.78 is 63.3. The molecule has 2 rings (SSSR count). The van der Waals surface area contributed by atoms with Crippen LogP contribution in [0.4, 0.5) is 19.0 Å². The third-order valence-corrected chi connectivity index (χ3v) is 4.43. The van der Waals surface area contributed by atoms with Gasteiger partial charge in [-0.25, -0.2) is 0 Å². The van der Waals surface area contributed by atoms with E-state index in [4.69, 9.17) is 22.6 Å². The van der Waals surface area contributed by atoms with Gasteiger partial charge in [0.1, 0.15) is 29.1 Å². The monoisotopic (exact) mass is 418 g/mol. The first-order valence-electron chi connectivity index (χ1n) is 6.59. The van der Waals surface area contributed by atoms with Gasteiger partial charge >= 0.3 is 15.6 Å². The highest BCUT2D eigenvalue weighted by Gasteiger charge is 2.48. The van der Waals surface area contributed by atoms with Crippen LogP contribution in [0.2, 0.25) is 5.02 Å². The third-order valence-electron chi connectivity index (χ3n) is 3.17. The molecule has 0 atom stereocenters. The second-order valence-corrected chi connectivity index (χ2v) is 6.79. The van der Waals surface area contributed by atoms with Crippen LogP contribution in [0.5, 0.6) is 5.75 Å². The first-order valence-corrected chi connectivity index (χ1v) is 8.38. The molecule has 0 aliphatic rings. The molecule has 0 unspecified atom stereocenters. The minimum Gasteiger partial charge on any atom is -0.384 e. The van der Waals surface area contributed by atoms with Gasteiger partial charge in [-0.3, -0.25) is 4.79 Å². The van der Waals surface area contributed by atoms with Crippen LogP contribution >= 0.6 is 11.6 Å². The predicted molar refractivity (Wildman–Crippen MR) is 87.0 cm³/mol. The van der Waals surface area contributed by atoms with E-state index in [1.807, 2.05) is 0 Å². The molecule has 1 heterocycles. The lowest BCUT2D eigenvalue weighted by Gasteiger charge is -2.13. The van der Waals surface area contributed by atoms with Gasteiger partial charge in [-0.2, -0.15) is 32.1 Å². The van der Waals surface area contributed by atoms with E-state index >= 15 is 0 Å². The van der Waals surface area contributed by atoms with Crippen LogP contribution in [0.15, 0.2) is 23.0 Å². The van der Waals surface area contributed by atoms with Gasteiger partial charge in [-0.1, -0.05) is 17.7 Å². The predicted octanol–water partition coefficient (Wildman–Crippen LogP) is 2.25. The first kappa shape index (κ1) is 20.1. The van der Waals surface area contributed by atoms with Crippen molar-refractivity contribution in [3.63, 3.8) is 0 Å². The van der Waals surface area contributed by atoms with E-state index in [-0.39, 0.29) is 22.5 Å². The first-order chi connectivity index (χ1) is 12.4. The van der Waals surface area contributed by atoms with Crippen LogP contribution in [-0.4, -0.2) is 18.9 Å². The van der Waals surface area contributed by atoms with E-state index in [2.05, 4.69) is 9.17 Å². The van der Waals surface area contributed by atoms with Crippen molar-refractivity contribution in [1.82, 2.24) is 4.98 Å². The molecule has 0 spiro atoms. The Labute approximate surface area is 154 Å². The summed E-state index contributed by atoms with van der Waals surface area (Å²) in [7, 11) is -5.95. The maximum atomic E-state index is 12.4. The van der Waals surface area contributed by atoms with Gasteiger partial charge in [-0.15, -0.1) is 0 Å². The molecule has 0 fully saturated rings. The maximum Gasteiger partial charge on any atom is 0.534 e. The molecule has 3 N–H and O–H groups in total. The molecule has 0 aliphatic carbocycles. The van der Waals surface area contributed by atoms with Crippen molar-refractivity contribution >= 4 is 27.5 Å². The summed E-state index contributed by atoms with van der Waals surface area (Å²) in [6, 6.07) is 6.00. The average Bonchev–Trinajstić information content (AvgIpc) is 2.55. The molecular formula is C14H6ClF3N4O4S. The van der Waals surface area contributed by atoms with Gasteiger partial charge in [0.2, 0.25) is 0 Å². The van der Waals surface area contributed by atoms with Crippen LogP contribution in [-0.2, 0) is 10.1 Å². The van der Waals surface area contributed by atoms with E-state index in [0.717, 1.165) is 18.2 Å². The summed E-state index contributed by atoms with van der Waals surface area (Å²) >= 11 is 5.77. The molecule has 0 saturated carbocycles. The Bertz CT molecular complexity index is 1180. The second-order valence-electron chi connectivity index (χ2n) is 4.84. The largest absolute Gasteiger partial charge is 0.534 e. The number of nitrogens with two attached hydrogens (primary N) is 1. The maximum absolute atomic E-state index is 12.4. The van der Waals surface area contributed by atoms with Crippen molar-refractivity contribution in [1.29, 1.82) is 10.5 Å². The van der Waals surface area contributed by atoms with Crippen molar-refractivity contribution in [2.24, 2.45) is 0 Å². The SMILES string of the molecule is N#Cc1c(N)[nH]c(=O)c(C#N)c1-c1ccc(OS(=O)(=O)C(F)(F)F)c(Cl)c1. The third kappa shape index (κ3) is 3.67. The van der Waals surface area contributed by atoms with Gasteiger partial charge in [0.25, 0.3) is 5.56 Å². The summed E-state index contributed by atoms with van der Waals surface area (Å²) in [4.78, 5) is 14.0. The number of benzene rings is 1. The summed E-state index contributed by atoms with van der Waals surface area (Å²) in [5.74, 6) is -1.18. The Balaban J connectivity index is 2.66.